The van der Waals surface area contributed by atoms with Gasteiger partial charge in [-0.05, 0) is 51.5 Å². The molecule has 3 aromatic rings. The number of anilines is 1. The van der Waals surface area contributed by atoms with Gasteiger partial charge in [0.05, 0.1) is 23.6 Å². The molecular weight excluding hydrogens is 365 g/mol. The van der Waals surface area contributed by atoms with Gasteiger partial charge in [0.25, 0.3) is 5.91 Å². The first-order valence-corrected chi connectivity index (χ1v) is 9.01. The van der Waals surface area contributed by atoms with Crippen molar-refractivity contribution in [1.29, 1.82) is 0 Å². The van der Waals surface area contributed by atoms with E-state index >= 15 is 0 Å². The van der Waals surface area contributed by atoms with E-state index in [-0.39, 0.29) is 18.3 Å². The number of nitrogens with one attached hydrogen (secondary N) is 1. The highest BCUT2D eigenvalue weighted by atomic mass is 35.5. The van der Waals surface area contributed by atoms with Crippen LogP contribution >= 0.6 is 11.6 Å². The largest absolute Gasteiger partial charge is 0.319 e. The third-order valence-electron chi connectivity index (χ3n) is 4.63. The molecule has 0 saturated carbocycles. The van der Waals surface area contributed by atoms with Gasteiger partial charge >= 0.3 is 0 Å². The van der Waals surface area contributed by atoms with Gasteiger partial charge in [0.1, 0.15) is 5.82 Å². The van der Waals surface area contributed by atoms with Crippen LogP contribution < -0.4 is 5.32 Å². The lowest BCUT2D eigenvalue weighted by atomic mass is 10.0. The molecule has 1 amide bonds. The summed E-state index contributed by atoms with van der Waals surface area (Å²) in [6.07, 6.45) is 0. The first-order valence-electron chi connectivity index (χ1n) is 8.63. The molecule has 0 aliphatic heterocycles. The fourth-order valence-corrected chi connectivity index (χ4v) is 3.25. The van der Waals surface area contributed by atoms with E-state index < -0.39 is 0 Å². The van der Waals surface area contributed by atoms with Crippen molar-refractivity contribution < 1.29 is 9.18 Å². The maximum atomic E-state index is 14.1. The monoisotopic (exact) mass is 385 g/mol. The molecule has 1 N–H and O–H groups in total. The van der Waals surface area contributed by atoms with Crippen LogP contribution in [0.15, 0.2) is 36.4 Å². The van der Waals surface area contributed by atoms with Crippen LogP contribution in [0.3, 0.4) is 0 Å². The van der Waals surface area contributed by atoms with Crippen LogP contribution in [0.4, 0.5) is 10.1 Å². The Morgan fingerprint density at radius 1 is 1.19 bits per heavy atom. The van der Waals surface area contributed by atoms with E-state index in [1.54, 1.807) is 16.8 Å². The molecule has 0 unspecified atom stereocenters. The molecule has 27 heavy (non-hydrogen) atoms. The molecule has 1 aromatic heterocycles. The summed E-state index contributed by atoms with van der Waals surface area (Å²) in [5.41, 5.74) is 4.95. The van der Waals surface area contributed by atoms with Gasteiger partial charge in [0.2, 0.25) is 0 Å². The van der Waals surface area contributed by atoms with Crippen LogP contribution in [-0.2, 0) is 6.54 Å². The van der Waals surface area contributed by atoms with Crippen LogP contribution in [0.2, 0.25) is 5.02 Å². The fraction of sp³-hybridized carbons (Fsp3) is 0.238. The van der Waals surface area contributed by atoms with Crippen molar-refractivity contribution in [2.24, 2.45) is 0 Å². The lowest BCUT2D eigenvalue weighted by Crippen LogP contribution is -2.15. The predicted octanol–water partition coefficient (Wildman–Crippen LogP) is 5.21. The highest BCUT2D eigenvalue weighted by Gasteiger charge is 2.18. The molecule has 4 nitrogen and oxygen atoms in total. The van der Waals surface area contributed by atoms with Gasteiger partial charge in [0, 0.05) is 16.1 Å². The van der Waals surface area contributed by atoms with Crippen LogP contribution in [0.25, 0.3) is 0 Å². The number of amides is 1. The lowest BCUT2D eigenvalue weighted by Gasteiger charge is -2.10. The van der Waals surface area contributed by atoms with Gasteiger partial charge in [-0.15, -0.1) is 0 Å². The zero-order chi connectivity index (χ0) is 19.7. The molecule has 3 rings (SSSR count). The summed E-state index contributed by atoms with van der Waals surface area (Å²) >= 11 is 6.12. The Labute approximate surface area is 163 Å². The molecule has 0 fully saturated rings. The molecule has 0 atom stereocenters. The predicted molar refractivity (Wildman–Crippen MR) is 106 cm³/mol. The minimum Gasteiger partial charge on any atom is -0.319 e. The third kappa shape index (κ3) is 3.88. The highest BCUT2D eigenvalue weighted by Crippen LogP contribution is 2.25. The van der Waals surface area contributed by atoms with E-state index in [4.69, 9.17) is 11.6 Å². The van der Waals surface area contributed by atoms with Crippen LogP contribution in [-0.4, -0.2) is 15.7 Å². The number of rotatable bonds is 4. The van der Waals surface area contributed by atoms with Crippen molar-refractivity contribution >= 4 is 23.2 Å². The van der Waals surface area contributed by atoms with E-state index in [1.807, 2.05) is 45.9 Å². The molecule has 0 aliphatic rings. The molecular formula is C21H21ClFN3O. The summed E-state index contributed by atoms with van der Waals surface area (Å²) < 4.78 is 15.7. The number of halogens is 2. The molecule has 0 bridgehead atoms. The summed E-state index contributed by atoms with van der Waals surface area (Å²) in [6, 6.07) is 10.3. The third-order valence-corrected chi connectivity index (χ3v) is 4.98. The number of hydrogen-bond donors (Lipinski definition) is 1. The molecule has 2 aromatic carbocycles. The molecule has 0 aliphatic carbocycles. The number of aryl methyl sites for hydroxylation is 3. The highest BCUT2D eigenvalue weighted by molar-refractivity contribution is 6.31. The molecule has 0 saturated heterocycles. The second kappa shape index (κ2) is 7.53. The van der Waals surface area contributed by atoms with E-state index in [9.17, 15) is 9.18 Å². The Hall–Kier alpha value is -2.66. The Morgan fingerprint density at radius 2 is 1.93 bits per heavy atom. The second-order valence-corrected chi connectivity index (χ2v) is 7.08. The molecule has 140 valence electrons. The number of hydrogen-bond acceptors (Lipinski definition) is 2. The van der Waals surface area contributed by atoms with Crippen molar-refractivity contribution in [1.82, 2.24) is 9.78 Å². The summed E-state index contributed by atoms with van der Waals surface area (Å²) in [4.78, 5) is 12.7. The Morgan fingerprint density at radius 3 is 2.63 bits per heavy atom. The van der Waals surface area contributed by atoms with Gasteiger partial charge in [-0.3, -0.25) is 9.48 Å². The maximum absolute atomic E-state index is 14.1. The van der Waals surface area contributed by atoms with Crippen molar-refractivity contribution in [3.63, 3.8) is 0 Å². The van der Waals surface area contributed by atoms with Gasteiger partial charge in [0.15, 0.2) is 0 Å². The summed E-state index contributed by atoms with van der Waals surface area (Å²) in [7, 11) is 0. The maximum Gasteiger partial charge on any atom is 0.256 e. The van der Waals surface area contributed by atoms with E-state index in [2.05, 4.69) is 10.4 Å². The average molecular weight is 386 g/mol. The number of aromatic nitrogens is 2. The van der Waals surface area contributed by atoms with Crippen molar-refractivity contribution in [2.45, 2.75) is 34.2 Å². The first kappa shape index (κ1) is 19.1. The number of carbonyl (C=O) groups is 1. The molecule has 0 radical (unpaired) electrons. The van der Waals surface area contributed by atoms with Gasteiger partial charge < -0.3 is 5.32 Å². The van der Waals surface area contributed by atoms with Crippen LogP contribution in [0, 0.1) is 33.5 Å². The molecule has 1 heterocycles. The molecule has 6 heteroatoms. The van der Waals surface area contributed by atoms with E-state index in [1.165, 1.54) is 6.07 Å². The second-order valence-electron chi connectivity index (χ2n) is 6.68. The van der Waals surface area contributed by atoms with Gasteiger partial charge in [-0.25, -0.2) is 4.39 Å². The number of carbonyl (C=O) groups excluding carboxylic acids is 1. The molecule has 0 spiro atoms. The Balaban J connectivity index is 1.90. The van der Waals surface area contributed by atoms with Gasteiger partial charge in [-0.2, -0.15) is 5.10 Å². The van der Waals surface area contributed by atoms with Gasteiger partial charge in [-0.1, -0.05) is 35.4 Å². The van der Waals surface area contributed by atoms with Crippen molar-refractivity contribution in [3.05, 3.63) is 80.9 Å². The number of benzene rings is 2. The lowest BCUT2D eigenvalue weighted by molar-refractivity contribution is 0.102. The fourth-order valence-electron chi connectivity index (χ4n) is 3.03. The first-order chi connectivity index (χ1) is 12.8. The van der Waals surface area contributed by atoms with E-state index in [0.717, 1.165) is 16.8 Å². The minimum absolute atomic E-state index is 0.189. The standard InChI is InChI=1S/C21H21ClFN3O/c1-12-8-9-13(2)16(10-12)21(27)24-20-14(3)25-26(15(20)4)11-17-18(22)6-5-7-19(17)23/h5-10H,11H2,1-4H3,(H,24,27). The van der Waals surface area contributed by atoms with E-state index in [0.29, 0.717) is 27.5 Å². The topological polar surface area (TPSA) is 46.9 Å². The Bertz CT molecular complexity index is 1010. The summed E-state index contributed by atoms with van der Waals surface area (Å²) in [6.45, 7) is 7.69. The summed E-state index contributed by atoms with van der Waals surface area (Å²) in [5.74, 6) is -0.568. The average Bonchev–Trinajstić information content (AvgIpc) is 2.87. The van der Waals surface area contributed by atoms with Crippen LogP contribution in [0.1, 0.15) is 38.4 Å². The summed E-state index contributed by atoms with van der Waals surface area (Å²) in [5, 5.41) is 7.75. The zero-order valence-electron chi connectivity index (χ0n) is 15.7. The van der Waals surface area contributed by atoms with Crippen molar-refractivity contribution in [3.8, 4) is 0 Å². The normalized spacial score (nSPS) is 10.9. The smallest absolute Gasteiger partial charge is 0.256 e. The SMILES string of the molecule is Cc1ccc(C)c(C(=O)Nc2c(C)nn(Cc3c(F)cccc3Cl)c2C)c1. The Kier molecular flexibility index (Phi) is 5.33. The zero-order valence-corrected chi connectivity index (χ0v) is 16.5. The van der Waals surface area contributed by atoms with Crippen molar-refractivity contribution in [2.75, 3.05) is 5.32 Å². The van der Waals surface area contributed by atoms with Crippen LogP contribution in [0.5, 0.6) is 0 Å². The number of nitrogens with zero attached hydrogens (tertiary/aromatic N) is 2. The minimum atomic E-state index is -0.379. The quantitative estimate of drug-likeness (QED) is 0.670.